The third-order valence-electron chi connectivity index (χ3n) is 3.31. The van der Waals surface area contributed by atoms with Crippen molar-refractivity contribution in [2.75, 3.05) is 13.2 Å². The van der Waals surface area contributed by atoms with Gasteiger partial charge in [0.2, 0.25) is 0 Å². The number of hydrogen-bond donors (Lipinski definition) is 1. The molecule has 1 N–H and O–H groups in total. The summed E-state index contributed by atoms with van der Waals surface area (Å²) in [7, 11) is -1.51. The molecule has 2 unspecified atom stereocenters. The average Bonchev–Trinajstić information content (AvgIpc) is 2.09. The van der Waals surface area contributed by atoms with Gasteiger partial charge in [-0.05, 0) is 43.8 Å². The highest BCUT2D eigenvalue weighted by molar-refractivity contribution is 6.75. The van der Waals surface area contributed by atoms with E-state index in [0.717, 1.165) is 24.6 Å². The summed E-state index contributed by atoms with van der Waals surface area (Å²) in [5.41, 5.74) is 0.842. The van der Waals surface area contributed by atoms with Crippen molar-refractivity contribution >= 4 is 8.48 Å². The monoisotopic (exact) mass is 215 g/mol. The molecule has 0 spiro atoms. The Kier molecular flexibility index (Phi) is 4.61. The van der Waals surface area contributed by atoms with Crippen LogP contribution in [0.5, 0.6) is 0 Å². The van der Waals surface area contributed by atoms with Gasteiger partial charge in [-0.2, -0.15) is 0 Å². The molecule has 1 aliphatic heterocycles. The fourth-order valence-electron chi connectivity index (χ4n) is 2.49. The molecule has 0 aromatic rings. The first kappa shape index (κ1) is 12.2. The molecule has 1 saturated heterocycles. The molecule has 84 valence electrons. The molecule has 1 aliphatic rings. The van der Waals surface area contributed by atoms with Gasteiger partial charge < -0.3 is 9.41 Å². The normalized spacial score (nSPS) is 31.9. The van der Waals surface area contributed by atoms with Crippen molar-refractivity contribution in [1.82, 2.24) is 4.98 Å². The molecule has 0 radical (unpaired) electrons. The summed E-state index contributed by atoms with van der Waals surface area (Å²) in [5.74, 6) is 0.784. The fraction of sp³-hybridized carbons (Fsp3) is 1.00. The van der Waals surface area contributed by atoms with Gasteiger partial charge in [-0.3, -0.25) is 0 Å². The maximum absolute atomic E-state index is 6.07. The average molecular weight is 215 g/mol. The Bertz CT molecular complexity index is 175. The van der Waals surface area contributed by atoms with Crippen molar-refractivity contribution in [3.05, 3.63) is 0 Å². The molecule has 2 nitrogen and oxygen atoms in total. The topological polar surface area (TPSA) is 21.3 Å². The predicted octanol–water partition coefficient (Wildman–Crippen LogP) is 2.89. The van der Waals surface area contributed by atoms with Crippen molar-refractivity contribution in [3.63, 3.8) is 0 Å². The van der Waals surface area contributed by atoms with E-state index in [4.69, 9.17) is 4.43 Å². The van der Waals surface area contributed by atoms with Gasteiger partial charge in [-0.15, -0.1) is 0 Å². The Morgan fingerprint density at radius 3 is 2.50 bits per heavy atom. The summed E-state index contributed by atoms with van der Waals surface area (Å²) in [6.45, 7) is 11.0. The van der Waals surface area contributed by atoms with E-state index in [1.54, 1.807) is 0 Å². The van der Waals surface area contributed by atoms with Gasteiger partial charge in [-0.1, -0.05) is 20.8 Å². The van der Waals surface area contributed by atoms with E-state index in [-0.39, 0.29) is 0 Å². The van der Waals surface area contributed by atoms with Gasteiger partial charge in [0.15, 0.2) is 0 Å². The van der Waals surface area contributed by atoms with Gasteiger partial charge >= 0.3 is 0 Å². The molecule has 14 heavy (non-hydrogen) atoms. The summed E-state index contributed by atoms with van der Waals surface area (Å²) >= 11 is 0. The van der Waals surface area contributed by atoms with Crippen molar-refractivity contribution < 1.29 is 4.43 Å². The molecule has 0 aromatic heterocycles. The Labute approximate surface area is 89.6 Å². The number of hydrogen-bond acceptors (Lipinski definition) is 2. The Morgan fingerprint density at radius 2 is 2.14 bits per heavy atom. The van der Waals surface area contributed by atoms with E-state index in [9.17, 15) is 0 Å². The minimum atomic E-state index is -1.51. The lowest BCUT2D eigenvalue weighted by molar-refractivity contribution is 0.258. The standard InChI is InChI=1S/C11H25NOSi/c1-5-8-12-14(13-6-2)9-7-11(14)10(3)4/h10-12H,5-9H2,1-4H3. The summed E-state index contributed by atoms with van der Waals surface area (Å²) in [6, 6.07) is 1.32. The SMILES string of the molecule is CCCN[Si]1(OCC)CCC1C(C)C. The lowest BCUT2D eigenvalue weighted by atomic mass is 10.1. The third kappa shape index (κ3) is 2.38. The van der Waals surface area contributed by atoms with Crippen LogP contribution in [0, 0.1) is 5.92 Å². The first-order valence-electron chi connectivity index (χ1n) is 6.05. The summed E-state index contributed by atoms with van der Waals surface area (Å²) < 4.78 is 6.07. The first-order chi connectivity index (χ1) is 6.66. The van der Waals surface area contributed by atoms with E-state index < -0.39 is 8.48 Å². The molecule has 0 aliphatic carbocycles. The molecule has 1 heterocycles. The van der Waals surface area contributed by atoms with Crippen molar-refractivity contribution in [2.45, 2.75) is 52.1 Å². The smallest absolute Gasteiger partial charge is 0.272 e. The van der Waals surface area contributed by atoms with Crippen molar-refractivity contribution in [2.24, 2.45) is 5.92 Å². The van der Waals surface area contributed by atoms with Gasteiger partial charge in [0, 0.05) is 6.61 Å². The maximum atomic E-state index is 6.07. The summed E-state index contributed by atoms with van der Waals surface area (Å²) in [4.78, 5) is 3.73. The maximum Gasteiger partial charge on any atom is 0.272 e. The van der Waals surface area contributed by atoms with Crippen LogP contribution in [0.15, 0.2) is 0 Å². The van der Waals surface area contributed by atoms with E-state index in [2.05, 4.69) is 32.7 Å². The minimum Gasteiger partial charge on any atom is -0.403 e. The second-order valence-electron chi connectivity index (χ2n) is 4.64. The first-order valence-corrected chi connectivity index (χ1v) is 8.24. The predicted molar refractivity (Wildman–Crippen MR) is 63.7 cm³/mol. The molecule has 1 rings (SSSR count). The highest BCUT2D eigenvalue weighted by Crippen LogP contribution is 2.46. The van der Waals surface area contributed by atoms with Gasteiger partial charge in [0.1, 0.15) is 0 Å². The molecule has 0 saturated carbocycles. The second-order valence-corrected chi connectivity index (χ2v) is 8.30. The van der Waals surface area contributed by atoms with E-state index in [0.29, 0.717) is 0 Å². The lowest BCUT2D eigenvalue weighted by Gasteiger charge is -2.48. The molecule has 1 fully saturated rings. The van der Waals surface area contributed by atoms with Crippen LogP contribution in [0.3, 0.4) is 0 Å². The van der Waals surface area contributed by atoms with Crippen molar-refractivity contribution in [1.29, 1.82) is 0 Å². The lowest BCUT2D eigenvalue weighted by Crippen LogP contribution is -2.64. The molecule has 2 atom stereocenters. The zero-order valence-corrected chi connectivity index (χ0v) is 11.1. The molecule has 0 amide bonds. The van der Waals surface area contributed by atoms with E-state index in [1.165, 1.54) is 18.9 Å². The van der Waals surface area contributed by atoms with Crippen LogP contribution in [0.4, 0.5) is 0 Å². The molecule has 0 aromatic carbocycles. The molecular weight excluding hydrogens is 190 g/mol. The Morgan fingerprint density at radius 1 is 1.43 bits per heavy atom. The minimum absolute atomic E-state index is 0.784. The second kappa shape index (κ2) is 5.28. The number of rotatable bonds is 6. The molecule has 3 heteroatoms. The molecule has 0 bridgehead atoms. The Balaban J connectivity index is 2.53. The third-order valence-corrected chi connectivity index (χ3v) is 8.14. The van der Waals surface area contributed by atoms with Gasteiger partial charge in [-0.25, -0.2) is 0 Å². The van der Waals surface area contributed by atoms with E-state index in [1.807, 2.05) is 0 Å². The van der Waals surface area contributed by atoms with Crippen molar-refractivity contribution in [3.8, 4) is 0 Å². The van der Waals surface area contributed by atoms with Gasteiger partial charge in [0.25, 0.3) is 8.48 Å². The van der Waals surface area contributed by atoms with Gasteiger partial charge in [0.05, 0.1) is 0 Å². The zero-order valence-electron chi connectivity index (χ0n) is 10.1. The summed E-state index contributed by atoms with van der Waals surface area (Å²) in [6.07, 6.45) is 2.59. The van der Waals surface area contributed by atoms with Crippen LogP contribution in [0.1, 0.15) is 40.5 Å². The molecular formula is C11H25NOSi. The zero-order chi connectivity index (χ0) is 10.6. The largest absolute Gasteiger partial charge is 0.403 e. The highest BCUT2D eigenvalue weighted by Gasteiger charge is 2.52. The van der Waals surface area contributed by atoms with Crippen LogP contribution in [0.25, 0.3) is 0 Å². The van der Waals surface area contributed by atoms with Crippen LogP contribution >= 0.6 is 0 Å². The Hall–Kier alpha value is 0.137. The quantitative estimate of drug-likeness (QED) is 0.688. The number of nitrogens with one attached hydrogen (secondary N) is 1. The van der Waals surface area contributed by atoms with Crippen LogP contribution in [-0.4, -0.2) is 21.6 Å². The van der Waals surface area contributed by atoms with Crippen LogP contribution in [-0.2, 0) is 4.43 Å². The summed E-state index contributed by atoms with van der Waals surface area (Å²) in [5, 5.41) is 0. The van der Waals surface area contributed by atoms with Crippen LogP contribution < -0.4 is 4.98 Å². The van der Waals surface area contributed by atoms with Crippen LogP contribution in [0.2, 0.25) is 11.6 Å². The fourth-order valence-corrected chi connectivity index (χ4v) is 6.80. The van der Waals surface area contributed by atoms with E-state index >= 15 is 0 Å². The highest BCUT2D eigenvalue weighted by atomic mass is 28.4.